The van der Waals surface area contributed by atoms with Crippen LogP contribution in [-0.2, 0) is 22.6 Å². The Hall–Kier alpha value is -4.20. The molecule has 3 aliphatic rings. The molecule has 0 saturated carbocycles. The molecule has 2 atom stereocenters. The van der Waals surface area contributed by atoms with Gasteiger partial charge in [-0.3, -0.25) is 9.59 Å². The first kappa shape index (κ1) is 29.9. The van der Waals surface area contributed by atoms with Crippen LogP contribution in [-0.4, -0.2) is 83.5 Å². The number of likely N-dealkylation sites (N-methyl/N-ethyl adjacent to an activating group) is 1. The first-order valence-corrected chi connectivity index (χ1v) is 15.5. The van der Waals surface area contributed by atoms with Crippen LogP contribution < -0.4 is 14.5 Å². The minimum atomic E-state index is -0.317. The third kappa shape index (κ3) is 5.82. The van der Waals surface area contributed by atoms with E-state index in [4.69, 9.17) is 26.3 Å². The van der Waals surface area contributed by atoms with Gasteiger partial charge >= 0.3 is 6.01 Å². The highest BCUT2D eigenvalue weighted by molar-refractivity contribution is 6.37. The number of anilines is 2. The number of halogens is 1. The van der Waals surface area contributed by atoms with Crippen LogP contribution in [0.2, 0.25) is 5.02 Å². The fourth-order valence-electron chi connectivity index (χ4n) is 6.63. The molecule has 2 aromatic carbocycles. The number of hydrogen-bond acceptors (Lipinski definition) is 8. The van der Waals surface area contributed by atoms with E-state index >= 15 is 0 Å². The summed E-state index contributed by atoms with van der Waals surface area (Å²) in [6.07, 6.45) is 4.39. The molecular formula is C33H36ClN7O3. The molecule has 2 fully saturated rings. The normalized spacial score (nSPS) is 20.8. The summed E-state index contributed by atoms with van der Waals surface area (Å²) in [6, 6.07) is 14.0. The summed E-state index contributed by atoms with van der Waals surface area (Å²) < 4.78 is 6.26. The van der Waals surface area contributed by atoms with E-state index in [9.17, 15) is 14.9 Å². The number of rotatable bonds is 7. The Labute approximate surface area is 262 Å². The van der Waals surface area contributed by atoms with Crippen molar-refractivity contribution < 1.29 is 14.3 Å². The summed E-state index contributed by atoms with van der Waals surface area (Å²) in [5.74, 6) is 0.482. The third-order valence-corrected chi connectivity index (χ3v) is 9.33. The molecular weight excluding hydrogens is 578 g/mol. The average Bonchev–Trinajstić information content (AvgIpc) is 3.37. The van der Waals surface area contributed by atoms with Gasteiger partial charge in [0.05, 0.1) is 41.5 Å². The van der Waals surface area contributed by atoms with Gasteiger partial charge in [0.25, 0.3) is 0 Å². The first-order chi connectivity index (χ1) is 21.4. The lowest BCUT2D eigenvalue weighted by Crippen LogP contribution is -2.55. The van der Waals surface area contributed by atoms with Crippen molar-refractivity contribution in [1.82, 2.24) is 19.8 Å². The Morgan fingerprint density at radius 1 is 1.16 bits per heavy atom. The molecule has 0 spiro atoms. The molecule has 1 aromatic heterocycles. The topological polar surface area (TPSA) is 106 Å². The number of nitrogens with zero attached hydrogens (tertiary/aromatic N) is 7. The van der Waals surface area contributed by atoms with Gasteiger partial charge in [-0.1, -0.05) is 42.4 Å². The van der Waals surface area contributed by atoms with Gasteiger partial charge in [0.1, 0.15) is 12.4 Å². The molecule has 10 nitrogen and oxygen atoms in total. The van der Waals surface area contributed by atoms with Crippen molar-refractivity contribution in [3.8, 4) is 12.1 Å². The first-order valence-electron chi connectivity index (χ1n) is 15.1. The van der Waals surface area contributed by atoms with Crippen molar-refractivity contribution in [3.05, 3.63) is 65.3 Å². The monoisotopic (exact) mass is 613 g/mol. The second kappa shape index (κ2) is 12.8. The molecule has 11 heteroatoms. The maximum absolute atomic E-state index is 13.7. The van der Waals surface area contributed by atoms with Gasteiger partial charge in [-0.05, 0) is 56.4 Å². The van der Waals surface area contributed by atoms with E-state index < -0.39 is 0 Å². The van der Waals surface area contributed by atoms with Crippen LogP contribution in [0.4, 0.5) is 11.5 Å². The van der Waals surface area contributed by atoms with Gasteiger partial charge in [-0.25, -0.2) is 0 Å². The average molecular weight is 614 g/mol. The zero-order chi connectivity index (χ0) is 30.8. The molecule has 0 radical (unpaired) electrons. The number of likely N-dealkylation sites (tertiary alicyclic amines) is 1. The highest BCUT2D eigenvalue weighted by Gasteiger charge is 2.34. The summed E-state index contributed by atoms with van der Waals surface area (Å²) in [4.78, 5) is 44.0. The second-order valence-electron chi connectivity index (χ2n) is 11.6. The lowest BCUT2D eigenvalue weighted by atomic mass is 10.1. The van der Waals surface area contributed by atoms with Gasteiger partial charge in [0.15, 0.2) is 0 Å². The predicted octanol–water partition coefficient (Wildman–Crippen LogP) is 4.35. The molecule has 3 aliphatic heterocycles. The highest BCUT2D eigenvalue weighted by atomic mass is 35.5. The predicted molar refractivity (Wildman–Crippen MR) is 170 cm³/mol. The Morgan fingerprint density at radius 2 is 1.98 bits per heavy atom. The fraction of sp³-hybridized carbons (Fsp3) is 0.424. The molecule has 0 N–H and O–H groups in total. The van der Waals surface area contributed by atoms with Crippen LogP contribution in [0.5, 0.6) is 6.01 Å². The van der Waals surface area contributed by atoms with Crippen molar-refractivity contribution in [1.29, 1.82) is 5.26 Å². The number of nitriles is 1. The fourth-order valence-corrected chi connectivity index (χ4v) is 6.91. The molecule has 3 aromatic rings. The molecule has 2 amide bonds. The molecule has 0 aliphatic carbocycles. The Balaban J connectivity index is 1.39. The van der Waals surface area contributed by atoms with E-state index in [0.29, 0.717) is 43.5 Å². The van der Waals surface area contributed by atoms with Crippen LogP contribution in [0.3, 0.4) is 0 Å². The number of aromatic nitrogens is 2. The van der Waals surface area contributed by atoms with E-state index in [-0.39, 0.29) is 49.3 Å². The number of ether oxygens (including phenoxy) is 1. The van der Waals surface area contributed by atoms with E-state index in [0.717, 1.165) is 47.1 Å². The van der Waals surface area contributed by atoms with Gasteiger partial charge in [-0.15, -0.1) is 0 Å². The molecule has 0 bridgehead atoms. The van der Waals surface area contributed by atoms with Crippen LogP contribution in [0.1, 0.15) is 36.9 Å². The summed E-state index contributed by atoms with van der Waals surface area (Å²) >= 11 is 6.67. The van der Waals surface area contributed by atoms with Crippen molar-refractivity contribution in [2.24, 2.45) is 0 Å². The molecule has 4 heterocycles. The third-order valence-electron chi connectivity index (χ3n) is 9.01. The maximum Gasteiger partial charge on any atom is 0.318 e. The van der Waals surface area contributed by atoms with E-state index in [1.807, 2.05) is 36.4 Å². The molecule has 6 rings (SSSR count). The Morgan fingerprint density at radius 3 is 2.73 bits per heavy atom. The van der Waals surface area contributed by atoms with Gasteiger partial charge in [0.2, 0.25) is 11.8 Å². The van der Waals surface area contributed by atoms with Crippen LogP contribution in [0.25, 0.3) is 10.8 Å². The van der Waals surface area contributed by atoms with Gasteiger partial charge in [-0.2, -0.15) is 15.2 Å². The summed E-state index contributed by atoms with van der Waals surface area (Å²) in [5, 5.41) is 11.9. The second-order valence-corrected chi connectivity index (χ2v) is 12.0. The quantitative estimate of drug-likeness (QED) is 0.362. The smallest absolute Gasteiger partial charge is 0.318 e. The Bertz CT molecular complexity index is 1630. The highest BCUT2D eigenvalue weighted by Crippen LogP contribution is 2.37. The maximum atomic E-state index is 13.7. The number of hydrogen-bond donors (Lipinski definition) is 0. The van der Waals surface area contributed by atoms with E-state index in [1.54, 1.807) is 9.80 Å². The van der Waals surface area contributed by atoms with Crippen LogP contribution in [0, 0.1) is 11.3 Å². The zero-order valence-corrected chi connectivity index (χ0v) is 25.7. The number of amides is 2. The van der Waals surface area contributed by atoms with Crippen LogP contribution >= 0.6 is 11.6 Å². The van der Waals surface area contributed by atoms with E-state index in [2.05, 4.69) is 29.5 Å². The molecule has 2 unspecified atom stereocenters. The largest absolute Gasteiger partial charge is 0.462 e. The standard InChI is InChI=1S/C33H36ClN7O3/c1-3-29(42)40-18-17-39(19-23(40)14-15-35)32-25-12-13-30(43)41(28-11-5-8-22-7-4-10-26(34)31(22)28)20-27(25)36-33(37-32)44-21-24-9-6-16-38(24)2/h3-5,7-8,10-11,23-24H,1,6,9,12-14,16-21H2,2H3. The van der Waals surface area contributed by atoms with Crippen molar-refractivity contribution in [2.75, 3.05) is 49.6 Å². The minimum absolute atomic E-state index is 0.0276. The summed E-state index contributed by atoms with van der Waals surface area (Å²) in [5.41, 5.74) is 2.35. The molecule has 2 saturated heterocycles. The number of fused-ring (bicyclic) bond motifs is 2. The lowest BCUT2D eigenvalue weighted by molar-refractivity contribution is -0.128. The van der Waals surface area contributed by atoms with Crippen molar-refractivity contribution >= 4 is 45.7 Å². The van der Waals surface area contributed by atoms with Gasteiger partial charge < -0.3 is 24.3 Å². The van der Waals surface area contributed by atoms with Crippen molar-refractivity contribution in [3.63, 3.8) is 0 Å². The van der Waals surface area contributed by atoms with Crippen LogP contribution in [0.15, 0.2) is 49.1 Å². The number of benzene rings is 2. The van der Waals surface area contributed by atoms with Crippen molar-refractivity contribution in [2.45, 2.75) is 50.7 Å². The Kier molecular flexibility index (Phi) is 8.69. The van der Waals surface area contributed by atoms with Gasteiger partial charge in [0, 0.05) is 43.0 Å². The molecule has 44 heavy (non-hydrogen) atoms. The SMILES string of the molecule is C=CC(=O)N1CCN(c2nc(OCC3CCCN3C)nc3c2CCC(=O)N(c2cccc4cccc(Cl)c24)C3)CC1CC#N. The number of carbonyl (C=O) groups excluding carboxylic acids is 2. The summed E-state index contributed by atoms with van der Waals surface area (Å²) in [6.45, 7) is 6.75. The summed E-state index contributed by atoms with van der Waals surface area (Å²) in [7, 11) is 2.10. The lowest BCUT2D eigenvalue weighted by Gasteiger charge is -2.41. The molecule has 228 valence electrons. The minimum Gasteiger partial charge on any atom is -0.462 e. The zero-order valence-electron chi connectivity index (χ0n) is 24.9. The number of piperazine rings is 1. The van der Waals surface area contributed by atoms with E-state index in [1.165, 1.54) is 6.08 Å². The number of carbonyl (C=O) groups is 2.